The summed E-state index contributed by atoms with van der Waals surface area (Å²) >= 11 is 0. The first-order chi connectivity index (χ1) is 8.16. The minimum absolute atomic E-state index is 0.257. The summed E-state index contributed by atoms with van der Waals surface area (Å²) in [7, 11) is 0. The second-order valence-corrected chi connectivity index (χ2v) is 4.52. The molecule has 1 aromatic rings. The van der Waals surface area contributed by atoms with E-state index in [2.05, 4.69) is 5.10 Å². The Kier molecular flexibility index (Phi) is 3.78. The van der Waals surface area contributed by atoms with E-state index in [0.29, 0.717) is 6.04 Å². The highest BCUT2D eigenvalue weighted by Crippen LogP contribution is 2.28. The fourth-order valence-electron chi connectivity index (χ4n) is 2.11. The van der Waals surface area contributed by atoms with Gasteiger partial charge in [0, 0.05) is 6.20 Å². The summed E-state index contributed by atoms with van der Waals surface area (Å²) in [6.45, 7) is 1.78. The van der Waals surface area contributed by atoms with E-state index in [0.717, 1.165) is 5.69 Å². The average Bonchev–Trinajstić information content (AvgIpc) is 2.95. The maximum absolute atomic E-state index is 10.6. The van der Waals surface area contributed by atoms with Gasteiger partial charge < -0.3 is 9.84 Å². The Hall–Kier alpha value is -1.36. The highest BCUT2D eigenvalue weighted by molar-refractivity contribution is 5.71. The summed E-state index contributed by atoms with van der Waals surface area (Å²) in [6.07, 6.45) is 6.09. The molecule has 0 saturated heterocycles. The Bertz CT molecular complexity index is 383. The molecule has 0 bridgehead atoms. The van der Waals surface area contributed by atoms with Crippen LogP contribution in [0.5, 0.6) is 0 Å². The predicted molar refractivity (Wildman–Crippen MR) is 61.6 cm³/mol. The zero-order valence-electron chi connectivity index (χ0n) is 10.0. The van der Waals surface area contributed by atoms with Gasteiger partial charge >= 0.3 is 5.97 Å². The molecule has 0 spiro atoms. The van der Waals surface area contributed by atoms with E-state index < -0.39 is 12.1 Å². The molecule has 1 aliphatic rings. The molecule has 17 heavy (non-hydrogen) atoms. The number of hydrogen-bond acceptors (Lipinski definition) is 3. The predicted octanol–water partition coefficient (Wildman–Crippen LogP) is 1.99. The van der Waals surface area contributed by atoms with Crippen LogP contribution in [0.1, 0.15) is 44.3 Å². The zero-order valence-corrected chi connectivity index (χ0v) is 10.0. The number of rotatable bonds is 5. The molecule has 1 unspecified atom stereocenters. The highest BCUT2D eigenvalue weighted by Gasteiger charge is 2.18. The van der Waals surface area contributed by atoms with Crippen molar-refractivity contribution >= 4 is 5.97 Å². The third-order valence-corrected chi connectivity index (χ3v) is 3.19. The van der Waals surface area contributed by atoms with E-state index in [1.54, 1.807) is 0 Å². The Labute approximate surface area is 100 Å². The van der Waals surface area contributed by atoms with Gasteiger partial charge in [0.1, 0.15) is 0 Å². The number of nitrogens with zero attached hydrogens (tertiary/aromatic N) is 2. The third kappa shape index (κ3) is 3.06. The van der Waals surface area contributed by atoms with Gasteiger partial charge in [-0.2, -0.15) is 5.10 Å². The number of aliphatic carboxylic acids is 1. The van der Waals surface area contributed by atoms with E-state index in [9.17, 15) is 4.79 Å². The van der Waals surface area contributed by atoms with Gasteiger partial charge in [-0.25, -0.2) is 4.79 Å². The SMILES string of the molecule is CC(OCc1ccn(C2CCCC2)n1)C(=O)O. The molecule has 94 valence electrons. The average molecular weight is 238 g/mol. The Morgan fingerprint density at radius 2 is 2.35 bits per heavy atom. The summed E-state index contributed by atoms with van der Waals surface area (Å²) in [6, 6.07) is 2.41. The van der Waals surface area contributed by atoms with Crippen LogP contribution >= 0.6 is 0 Å². The topological polar surface area (TPSA) is 64.4 Å². The van der Waals surface area contributed by atoms with Crippen LogP contribution in [0.4, 0.5) is 0 Å². The molecule has 1 saturated carbocycles. The van der Waals surface area contributed by atoms with Crippen molar-refractivity contribution in [3.05, 3.63) is 18.0 Å². The van der Waals surface area contributed by atoms with Crippen molar-refractivity contribution in [2.75, 3.05) is 0 Å². The summed E-state index contributed by atoms with van der Waals surface area (Å²) in [4.78, 5) is 10.6. The molecule has 1 atom stereocenters. The minimum Gasteiger partial charge on any atom is -0.479 e. The minimum atomic E-state index is -0.944. The molecule has 5 heteroatoms. The van der Waals surface area contributed by atoms with Gasteiger partial charge in [-0.05, 0) is 25.8 Å². The van der Waals surface area contributed by atoms with Gasteiger partial charge in [-0.1, -0.05) is 12.8 Å². The van der Waals surface area contributed by atoms with Gasteiger partial charge in [0.15, 0.2) is 6.10 Å². The number of hydrogen-bond donors (Lipinski definition) is 1. The van der Waals surface area contributed by atoms with Crippen molar-refractivity contribution in [1.29, 1.82) is 0 Å². The standard InChI is InChI=1S/C12H18N2O3/c1-9(12(15)16)17-8-10-6-7-14(13-10)11-4-2-3-5-11/h6-7,9,11H,2-5,8H2,1H3,(H,15,16). The number of carboxylic acids is 1. The molecule has 0 aliphatic heterocycles. The lowest BCUT2D eigenvalue weighted by Gasteiger charge is -2.09. The number of aromatic nitrogens is 2. The zero-order chi connectivity index (χ0) is 12.3. The van der Waals surface area contributed by atoms with E-state index in [1.165, 1.54) is 32.6 Å². The van der Waals surface area contributed by atoms with Gasteiger partial charge in [0.25, 0.3) is 0 Å². The molecule has 0 radical (unpaired) electrons. The molecule has 1 fully saturated rings. The quantitative estimate of drug-likeness (QED) is 0.852. The first-order valence-corrected chi connectivity index (χ1v) is 6.05. The second kappa shape index (κ2) is 5.31. The Balaban J connectivity index is 1.87. The number of carboxylic acid groups (broad SMARTS) is 1. The molecular formula is C12H18N2O3. The van der Waals surface area contributed by atoms with Crippen molar-refractivity contribution in [2.24, 2.45) is 0 Å². The number of ether oxygens (including phenoxy) is 1. The lowest BCUT2D eigenvalue weighted by atomic mass is 10.3. The monoisotopic (exact) mass is 238 g/mol. The molecule has 5 nitrogen and oxygen atoms in total. The maximum atomic E-state index is 10.6. The van der Waals surface area contributed by atoms with Crippen LogP contribution in [0.3, 0.4) is 0 Å². The Morgan fingerprint density at radius 3 is 3.00 bits per heavy atom. The van der Waals surface area contributed by atoms with Crippen LogP contribution in [-0.4, -0.2) is 27.0 Å². The molecular weight excluding hydrogens is 220 g/mol. The van der Waals surface area contributed by atoms with Crippen LogP contribution in [-0.2, 0) is 16.1 Å². The fraction of sp³-hybridized carbons (Fsp3) is 0.667. The molecule has 1 aromatic heterocycles. The van der Waals surface area contributed by atoms with E-state index in [-0.39, 0.29) is 6.61 Å². The van der Waals surface area contributed by atoms with Crippen molar-refractivity contribution < 1.29 is 14.6 Å². The smallest absolute Gasteiger partial charge is 0.332 e. The van der Waals surface area contributed by atoms with E-state index in [1.807, 2.05) is 16.9 Å². The first-order valence-electron chi connectivity index (χ1n) is 6.05. The van der Waals surface area contributed by atoms with E-state index >= 15 is 0 Å². The van der Waals surface area contributed by atoms with Crippen molar-refractivity contribution in [3.63, 3.8) is 0 Å². The van der Waals surface area contributed by atoms with Gasteiger partial charge in [0.05, 0.1) is 18.3 Å². The van der Waals surface area contributed by atoms with Crippen LogP contribution in [0.15, 0.2) is 12.3 Å². The summed E-state index contributed by atoms with van der Waals surface area (Å²) < 4.78 is 7.17. The first kappa shape index (κ1) is 12.1. The van der Waals surface area contributed by atoms with E-state index in [4.69, 9.17) is 9.84 Å². The van der Waals surface area contributed by atoms with Crippen molar-refractivity contribution in [3.8, 4) is 0 Å². The molecule has 1 N–H and O–H groups in total. The van der Waals surface area contributed by atoms with Crippen LogP contribution < -0.4 is 0 Å². The highest BCUT2D eigenvalue weighted by atomic mass is 16.5. The van der Waals surface area contributed by atoms with Crippen molar-refractivity contribution in [2.45, 2.75) is 51.4 Å². The molecule has 2 rings (SSSR count). The molecule has 1 aliphatic carbocycles. The normalized spacial score (nSPS) is 18.4. The largest absolute Gasteiger partial charge is 0.479 e. The lowest BCUT2D eigenvalue weighted by Crippen LogP contribution is -2.19. The third-order valence-electron chi connectivity index (χ3n) is 3.19. The molecule has 0 amide bonds. The van der Waals surface area contributed by atoms with Gasteiger partial charge in [-0.15, -0.1) is 0 Å². The van der Waals surface area contributed by atoms with Crippen LogP contribution in [0, 0.1) is 0 Å². The van der Waals surface area contributed by atoms with Crippen LogP contribution in [0.25, 0.3) is 0 Å². The van der Waals surface area contributed by atoms with Crippen molar-refractivity contribution in [1.82, 2.24) is 9.78 Å². The second-order valence-electron chi connectivity index (χ2n) is 4.52. The summed E-state index contributed by atoms with van der Waals surface area (Å²) in [5.41, 5.74) is 0.796. The van der Waals surface area contributed by atoms with Crippen LogP contribution in [0.2, 0.25) is 0 Å². The van der Waals surface area contributed by atoms with Gasteiger partial charge in [0.2, 0.25) is 0 Å². The summed E-state index contributed by atoms with van der Waals surface area (Å²) in [5.74, 6) is -0.944. The fourth-order valence-corrected chi connectivity index (χ4v) is 2.11. The number of carbonyl (C=O) groups is 1. The lowest BCUT2D eigenvalue weighted by molar-refractivity contribution is -0.149. The molecule has 1 heterocycles. The van der Waals surface area contributed by atoms with Gasteiger partial charge in [-0.3, -0.25) is 4.68 Å². The summed E-state index contributed by atoms with van der Waals surface area (Å²) in [5, 5.41) is 13.1. The molecule has 0 aromatic carbocycles. The Morgan fingerprint density at radius 1 is 1.65 bits per heavy atom. The maximum Gasteiger partial charge on any atom is 0.332 e.